The van der Waals surface area contributed by atoms with E-state index >= 15 is 0 Å². The van der Waals surface area contributed by atoms with E-state index in [-0.39, 0.29) is 6.04 Å². The van der Waals surface area contributed by atoms with Crippen LogP contribution in [0.2, 0.25) is 0 Å². The van der Waals surface area contributed by atoms with Crippen molar-refractivity contribution in [3.63, 3.8) is 0 Å². The van der Waals surface area contributed by atoms with Crippen molar-refractivity contribution in [3.05, 3.63) is 54.1 Å². The lowest BCUT2D eigenvalue weighted by atomic mass is 9.98. The minimum atomic E-state index is -0.0949. The largest absolute Gasteiger partial charge is 0.330 e. The van der Waals surface area contributed by atoms with Crippen LogP contribution in [0.25, 0.3) is 0 Å². The van der Waals surface area contributed by atoms with Gasteiger partial charge in [-0.25, -0.2) is 4.98 Å². The monoisotopic (exact) mass is 269 g/mol. The average Bonchev–Trinajstić information content (AvgIpc) is 3.18. The number of imidazole rings is 1. The van der Waals surface area contributed by atoms with Gasteiger partial charge in [0.1, 0.15) is 0 Å². The van der Waals surface area contributed by atoms with Crippen molar-refractivity contribution in [2.75, 3.05) is 0 Å². The smallest absolute Gasteiger partial charge is 0.0951 e. The summed E-state index contributed by atoms with van der Waals surface area (Å²) in [4.78, 5) is 4.34. The van der Waals surface area contributed by atoms with Gasteiger partial charge in [-0.05, 0) is 31.2 Å². The van der Waals surface area contributed by atoms with E-state index in [1.54, 1.807) is 0 Å². The van der Waals surface area contributed by atoms with Crippen molar-refractivity contribution in [1.82, 2.24) is 9.55 Å². The zero-order valence-corrected chi connectivity index (χ0v) is 12.1. The van der Waals surface area contributed by atoms with E-state index in [1.807, 2.05) is 30.7 Å². The molecule has 1 heterocycles. The van der Waals surface area contributed by atoms with Crippen LogP contribution < -0.4 is 5.73 Å². The van der Waals surface area contributed by atoms with Crippen molar-refractivity contribution < 1.29 is 0 Å². The molecule has 0 amide bonds. The number of hydrogen-bond donors (Lipinski definition) is 1. The number of benzene rings is 1. The second-order valence-corrected chi connectivity index (χ2v) is 5.90. The molecular formula is C17H23N3. The molecule has 1 aromatic heterocycles. The molecule has 1 aliphatic rings. The SMILES string of the molecule is CC(C1CCCC1)n1cncc1C(N)c1ccccc1. The normalized spacial score (nSPS) is 19.1. The molecule has 0 spiro atoms. The van der Waals surface area contributed by atoms with Crippen LogP contribution in [0.15, 0.2) is 42.9 Å². The highest BCUT2D eigenvalue weighted by Crippen LogP contribution is 2.35. The summed E-state index contributed by atoms with van der Waals surface area (Å²) in [5, 5.41) is 0. The fourth-order valence-corrected chi connectivity index (χ4v) is 3.39. The van der Waals surface area contributed by atoms with Crippen LogP contribution >= 0.6 is 0 Å². The van der Waals surface area contributed by atoms with Gasteiger partial charge in [0.2, 0.25) is 0 Å². The Morgan fingerprint density at radius 1 is 1.20 bits per heavy atom. The van der Waals surface area contributed by atoms with Crippen molar-refractivity contribution in [3.8, 4) is 0 Å². The molecule has 2 unspecified atom stereocenters. The standard InChI is InChI=1S/C17H23N3/c1-13(14-7-5-6-8-14)20-12-19-11-16(20)17(18)15-9-3-2-4-10-15/h2-4,9-14,17H,5-8,18H2,1H3. The lowest BCUT2D eigenvalue weighted by Crippen LogP contribution is -2.21. The lowest BCUT2D eigenvalue weighted by molar-refractivity contribution is 0.351. The molecule has 3 nitrogen and oxygen atoms in total. The summed E-state index contributed by atoms with van der Waals surface area (Å²) < 4.78 is 2.29. The van der Waals surface area contributed by atoms with E-state index < -0.39 is 0 Å². The summed E-state index contributed by atoms with van der Waals surface area (Å²) in [6.45, 7) is 2.30. The predicted octanol–water partition coefficient (Wildman–Crippen LogP) is 3.68. The Morgan fingerprint density at radius 2 is 1.90 bits per heavy atom. The Balaban J connectivity index is 1.86. The molecular weight excluding hydrogens is 246 g/mol. The van der Waals surface area contributed by atoms with Crippen LogP contribution in [0.5, 0.6) is 0 Å². The molecule has 0 aliphatic heterocycles. The first-order chi connectivity index (χ1) is 9.77. The molecule has 2 N–H and O–H groups in total. The Labute approximate surface area is 120 Å². The maximum atomic E-state index is 6.44. The van der Waals surface area contributed by atoms with Gasteiger partial charge < -0.3 is 10.3 Å². The second-order valence-electron chi connectivity index (χ2n) is 5.90. The van der Waals surface area contributed by atoms with Gasteiger partial charge in [-0.3, -0.25) is 0 Å². The Morgan fingerprint density at radius 3 is 2.60 bits per heavy atom. The van der Waals surface area contributed by atoms with Crippen LogP contribution in [0.3, 0.4) is 0 Å². The van der Waals surface area contributed by atoms with E-state index in [0.717, 1.165) is 17.2 Å². The topological polar surface area (TPSA) is 43.8 Å². The van der Waals surface area contributed by atoms with E-state index in [0.29, 0.717) is 6.04 Å². The molecule has 106 valence electrons. The molecule has 1 aliphatic carbocycles. The molecule has 0 bridgehead atoms. The van der Waals surface area contributed by atoms with Crippen molar-refractivity contribution in [2.45, 2.75) is 44.7 Å². The van der Waals surface area contributed by atoms with Gasteiger partial charge in [-0.2, -0.15) is 0 Å². The molecule has 20 heavy (non-hydrogen) atoms. The highest BCUT2D eigenvalue weighted by molar-refractivity contribution is 5.26. The summed E-state index contributed by atoms with van der Waals surface area (Å²) in [5.41, 5.74) is 8.70. The van der Waals surface area contributed by atoms with Crippen LogP contribution in [0, 0.1) is 5.92 Å². The fraction of sp³-hybridized carbons (Fsp3) is 0.471. The van der Waals surface area contributed by atoms with Gasteiger partial charge in [-0.1, -0.05) is 43.2 Å². The van der Waals surface area contributed by atoms with E-state index in [1.165, 1.54) is 25.7 Å². The van der Waals surface area contributed by atoms with Gasteiger partial charge in [0, 0.05) is 6.04 Å². The van der Waals surface area contributed by atoms with Gasteiger partial charge in [0.05, 0.1) is 24.3 Å². The summed E-state index contributed by atoms with van der Waals surface area (Å²) in [6.07, 6.45) is 9.26. The van der Waals surface area contributed by atoms with Gasteiger partial charge in [0.15, 0.2) is 0 Å². The van der Waals surface area contributed by atoms with Gasteiger partial charge in [0.25, 0.3) is 0 Å². The predicted molar refractivity (Wildman–Crippen MR) is 81.4 cm³/mol. The van der Waals surface area contributed by atoms with Crippen molar-refractivity contribution in [2.24, 2.45) is 11.7 Å². The highest BCUT2D eigenvalue weighted by atomic mass is 15.1. The average molecular weight is 269 g/mol. The molecule has 0 saturated heterocycles. The Bertz CT molecular complexity index is 540. The molecule has 2 aromatic rings. The molecule has 0 radical (unpaired) electrons. The summed E-state index contributed by atoms with van der Waals surface area (Å²) in [5.74, 6) is 0.769. The number of rotatable bonds is 4. The Hall–Kier alpha value is -1.61. The Kier molecular flexibility index (Phi) is 3.88. The van der Waals surface area contributed by atoms with Gasteiger partial charge in [-0.15, -0.1) is 0 Å². The van der Waals surface area contributed by atoms with Crippen LogP contribution in [0.4, 0.5) is 0 Å². The fourth-order valence-electron chi connectivity index (χ4n) is 3.39. The van der Waals surface area contributed by atoms with E-state index in [9.17, 15) is 0 Å². The molecule has 3 rings (SSSR count). The number of hydrogen-bond acceptors (Lipinski definition) is 2. The third kappa shape index (κ3) is 2.50. The van der Waals surface area contributed by atoms with Crippen LogP contribution in [0.1, 0.15) is 55.9 Å². The van der Waals surface area contributed by atoms with E-state index in [4.69, 9.17) is 5.73 Å². The van der Waals surface area contributed by atoms with Crippen molar-refractivity contribution >= 4 is 0 Å². The number of nitrogens with two attached hydrogens (primary N) is 1. The highest BCUT2D eigenvalue weighted by Gasteiger charge is 2.25. The molecule has 1 aromatic carbocycles. The lowest BCUT2D eigenvalue weighted by Gasteiger charge is -2.25. The first kappa shape index (κ1) is 13.4. The van der Waals surface area contributed by atoms with Crippen molar-refractivity contribution in [1.29, 1.82) is 0 Å². The minimum absolute atomic E-state index is 0.0949. The quantitative estimate of drug-likeness (QED) is 0.920. The summed E-state index contributed by atoms with van der Waals surface area (Å²) in [7, 11) is 0. The maximum Gasteiger partial charge on any atom is 0.0951 e. The molecule has 3 heteroatoms. The zero-order chi connectivity index (χ0) is 13.9. The first-order valence-corrected chi connectivity index (χ1v) is 7.59. The second kappa shape index (κ2) is 5.80. The zero-order valence-electron chi connectivity index (χ0n) is 12.1. The van der Waals surface area contributed by atoms with Crippen LogP contribution in [-0.2, 0) is 0 Å². The van der Waals surface area contributed by atoms with Gasteiger partial charge >= 0.3 is 0 Å². The first-order valence-electron chi connectivity index (χ1n) is 7.59. The third-order valence-electron chi connectivity index (χ3n) is 4.69. The number of nitrogens with zero attached hydrogens (tertiary/aromatic N) is 2. The van der Waals surface area contributed by atoms with Crippen LogP contribution in [-0.4, -0.2) is 9.55 Å². The number of aromatic nitrogens is 2. The minimum Gasteiger partial charge on any atom is -0.330 e. The third-order valence-corrected chi connectivity index (χ3v) is 4.69. The maximum absolute atomic E-state index is 6.44. The summed E-state index contributed by atoms with van der Waals surface area (Å²) >= 11 is 0. The molecule has 2 atom stereocenters. The van der Waals surface area contributed by atoms with E-state index in [2.05, 4.69) is 28.6 Å². The molecule has 1 saturated carbocycles. The molecule has 1 fully saturated rings. The summed E-state index contributed by atoms with van der Waals surface area (Å²) in [6, 6.07) is 10.7.